The van der Waals surface area contributed by atoms with Crippen LogP contribution in [0.1, 0.15) is 43.5 Å². The van der Waals surface area contributed by atoms with Crippen LogP contribution in [0.5, 0.6) is 0 Å². The largest absolute Gasteiger partial charge is 0.354 e. The lowest BCUT2D eigenvalue weighted by Crippen LogP contribution is -2.12. The second kappa shape index (κ2) is 7.98. The van der Waals surface area contributed by atoms with E-state index >= 15 is 0 Å². The number of aryl methyl sites for hydroxylation is 2. The third-order valence-corrected chi connectivity index (χ3v) is 5.64. The summed E-state index contributed by atoms with van der Waals surface area (Å²) in [5.41, 5.74) is 7.80. The van der Waals surface area contributed by atoms with Gasteiger partial charge in [-0.3, -0.25) is 4.68 Å². The van der Waals surface area contributed by atoms with Crippen LogP contribution in [-0.2, 0) is 13.5 Å². The molecule has 7 heteroatoms. The number of hydrogen-bond acceptors (Lipinski definition) is 5. The SMILES string of the molecule is CC(C)CNc1ncc2c(n1)CCCC=C2c1ccn2ncc(-c3cnn(C)c3)c2c1. The molecule has 4 aromatic rings. The number of nitrogens with zero attached hydrogens (tertiary/aromatic N) is 6. The first-order valence-corrected chi connectivity index (χ1v) is 10.9. The predicted molar refractivity (Wildman–Crippen MR) is 123 cm³/mol. The maximum atomic E-state index is 4.85. The van der Waals surface area contributed by atoms with Crippen molar-refractivity contribution in [2.24, 2.45) is 13.0 Å². The lowest BCUT2D eigenvalue weighted by atomic mass is 9.97. The van der Waals surface area contributed by atoms with Gasteiger partial charge in [-0.25, -0.2) is 14.5 Å². The Morgan fingerprint density at radius 2 is 2.00 bits per heavy atom. The zero-order valence-electron chi connectivity index (χ0n) is 18.2. The molecule has 5 rings (SSSR count). The summed E-state index contributed by atoms with van der Waals surface area (Å²) in [6.07, 6.45) is 15.2. The first-order chi connectivity index (χ1) is 15.1. The number of aromatic nitrogens is 6. The number of fused-ring (bicyclic) bond motifs is 2. The van der Waals surface area contributed by atoms with Gasteiger partial charge in [0.15, 0.2) is 0 Å². The molecule has 0 atom stereocenters. The van der Waals surface area contributed by atoms with Gasteiger partial charge in [0, 0.05) is 48.9 Å². The first kappa shape index (κ1) is 19.5. The van der Waals surface area contributed by atoms with E-state index in [0.717, 1.165) is 65.2 Å². The lowest BCUT2D eigenvalue weighted by Gasteiger charge is -2.13. The fourth-order valence-corrected chi connectivity index (χ4v) is 4.04. The monoisotopic (exact) mass is 413 g/mol. The fraction of sp³-hybridized carbons (Fsp3) is 0.333. The summed E-state index contributed by atoms with van der Waals surface area (Å²) in [7, 11) is 1.93. The molecular formula is C24H27N7. The van der Waals surface area contributed by atoms with E-state index in [0.29, 0.717) is 5.92 Å². The van der Waals surface area contributed by atoms with Crippen LogP contribution in [-0.4, -0.2) is 35.9 Å². The molecule has 0 fully saturated rings. The third-order valence-electron chi connectivity index (χ3n) is 5.64. The molecule has 1 aliphatic rings. The number of allylic oxidation sites excluding steroid dienone is 1. The molecule has 0 radical (unpaired) electrons. The third kappa shape index (κ3) is 3.83. The van der Waals surface area contributed by atoms with Gasteiger partial charge in [-0.1, -0.05) is 19.9 Å². The molecule has 1 aliphatic carbocycles. The van der Waals surface area contributed by atoms with Gasteiger partial charge >= 0.3 is 0 Å². The summed E-state index contributed by atoms with van der Waals surface area (Å²) in [6, 6.07) is 4.33. The summed E-state index contributed by atoms with van der Waals surface area (Å²) in [6.45, 7) is 5.24. The molecule has 158 valence electrons. The Kier molecular flexibility index (Phi) is 5.02. The van der Waals surface area contributed by atoms with E-state index in [1.165, 1.54) is 5.57 Å². The molecular weight excluding hydrogens is 386 g/mol. The molecule has 0 saturated carbocycles. The van der Waals surface area contributed by atoms with Gasteiger partial charge in [-0.05, 0) is 48.4 Å². The van der Waals surface area contributed by atoms with Gasteiger partial charge in [-0.2, -0.15) is 10.2 Å². The predicted octanol–water partition coefficient (Wildman–Crippen LogP) is 4.36. The van der Waals surface area contributed by atoms with Crippen molar-refractivity contribution in [1.29, 1.82) is 0 Å². The van der Waals surface area contributed by atoms with Crippen molar-refractivity contribution in [2.75, 3.05) is 11.9 Å². The molecule has 31 heavy (non-hydrogen) atoms. The van der Waals surface area contributed by atoms with E-state index in [4.69, 9.17) is 4.98 Å². The smallest absolute Gasteiger partial charge is 0.222 e. The molecule has 1 N–H and O–H groups in total. The average Bonchev–Trinajstić information content (AvgIpc) is 3.31. The highest BCUT2D eigenvalue weighted by molar-refractivity contribution is 5.86. The minimum atomic E-state index is 0.550. The van der Waals surface area contributed by atoms with Crippen LogP contribution >= 0.6 is 0 Å². The van der Waals surface area contributed by atoms with Gasteiger partial charge < -0.3 is 5.32 Å². The molecule has 0 aliphatic heterocycles. The van der Waals surface area contributed by atoms with E-state index in [1.807, 2.05) is 47.2 Å². The zero-order chi connectivity index (χ0) is 21.4. The van der Waals surface area contributed by atoms with Crippen LogP contribution in [0.2, 0.25) is 0 Å². The molecule has 0 bridgehead atoms. The van der Waals surface area contributed by atoms with E-state index in [1.54, 1.807) is 0 Å². The molecule has 7 nitrogen and oxygen atoms in total. The fourth-order valence-electron chi connectivity index (χ4n) is 4.04. The topological polar surface area (TPSA) is 72.9 Å². The van der Waals surface area contributed by atoms with E-state index in [2.05, 4.69) is 52.6 Å². The van der Waals surface area contributed by atoms with Crippen LogP contribution in [0, 0.1) is 5.92 Å². The summed E-state index contributed by atoms with van der Waals surface area (Å²) in [4.78, 5) is 9.46. The van der Waals surface area contributed by atoms with Crippen LogP contribution in [0.3, 0.4) is 0 Å². The summed E-state index contributed by atoms with van der Waals surface area (Å²) < 4.78 is 3.73. The molecule has 0 spiro atoms. The Balaban J connectivity index is 1.55. The number of nitrogens with one attached hydrogen (secondary N) is 1. The zero-order valence-corrected chi connectivity index (χ0v) is 18.2. The number of hydrogen-bond donors (Lipinski definition) is 1. The van der Waals surface area contributed by atoms with Gasteiger partial charge in [-0.15, -0.1) is 0 Å². The highest BCUT2D eigenvalue weighted by Gasteiger charge is 2.18. The minimum absolute atomic E-state index is 0.550. The van der Waals surface area contributed by atoms with Crippen molar-refractivity contribution < 1.29 is 0 Å². The minimum Gasteiger partial charge on any atom is -0.354 e. The lowest BCUT2D eigenvalue weighted by molar-refractivity contribution is 0.683. The first-order valence-electron chi connectivity index (χ1n) is 10.9. The second-order valence-electron chi connectivity index (χ2n) is 8.54. The van der Waals surface area contributed by atoms with Crippen molar-refractivity contribution in [3.8, 4) is 11.1 Å². The highest BCUT2D eigenvalue weighted by Crippen LogP contribution is 2.32. The molecule has 0 amide bonds. The molecule has 0 saturated heterocycles. The van der Waals surface area contributed by atoms with Gasteiger partial charge in [0.2, 0.25) is 5.95 Å². The molecule has 4 heterocycles. The van der Waals surface area contributed by atoms with E-state index in [9.17, 15) is 0 Å². The van der Waals surface area contributed by atoms with Crippen LogP contribution in [0.4, 0.5) is 5.95 Å². The van der Waals surface area contributed by atoms with Crippen molar-refractivity contribution >= 4 is 17.0 Å². The second-order valence-corrected chi connectivity index (χ2v) is 8.54. The number of anilines is 1. The van der Waals surface area contributed by atoms with Crippen molar-refractivity contribution in [2.45, 2.75) is 33.1 Å². The van der Waals surface area contributed by atoms with Gasteiger partial charge in [0.05, 0.1) is 23.6 Å². The molecule has 0 unspecified atom stereocenters. The standard InChI is InChI=1S/C24H27N7/c1-16(2)11-25-24-26-13-21-19(6-4-5-7-22(21)29-24)17-8-9-31-23(10-17)20(14-28-31)18-12-27-30(3)15-18/h6,8-10,12-16H,4-5,7,11H2,1-3H3,(H,25,26,29). The van der Waals surface area contributed by atoms with Crippen LogP contribution in [0.25, 0.3) is 22.2 Å². The maximum Gasteiger partial charge on any atom is 0.222 e. The highest BCUT2D eigenvalue weighted by atomic mass is 15.2. The summed E-state index contributed by atoms with van der Waals surface area (Å²) >= 11 is 0. The molecule has 4 aromatic heterocycles. The Labute approximate surface area is 181 Å². The normalized spacial score (nSPS) is 13.9. The number of pyridine rings is 1. The molecule has 0 aromatic carbocycles. The Morgan fingerprint density at radius 3 is 2.81 bits per heavy atom. The maximum absolute atomic E-state index is 4.85. The van der Waals surface area contributed by atoms with E-state index < -0.39 is 0 Å². The summed E-state index contributed by atoms with van der Waals surface area (Å²) in [5, 5.41) is 12.2. The van der Waals surface area contributed by atoms with Crippen molar-refractivity contribution in [3.63, 3.8) is 0 Å². The van der Waals surface area contributed by atoms with Gasteiger partial charge in [0.1, 0.15) is 0 Å². The van der Waals surface area contributed by atoms with E-state index in [-0.39, 0.29) is 0 Å². The van der Waals surface area contributed by atoms with Crippen molar-refractivity contribution in [1.82, 2.24) is 29.4 Å². The Bertz CT molecular complexity index is 1260. The van der Waals surface area contributed by atoms with Crippen LogP contribution < -0.4 is 5.32 Å². The summed E-state index contributed by atoms with van der Waals surface area (Å²) in [5.74, 6) is 1.27. The Morgan fingerprint density at radius 1 is 1.10 bits per heavy atom. The van der Waals surface area contributed by atoms with Crippen LogP contribution in [0.15, 0.2) is 49.2 Å². The van der Waals surface area contributed by atoms with Crippen molar-refractivity contribution in [3.05, 3.63) is 66.0 Å². The average molecular weight is 414 g/mol. The van der Waals surface area contributed by atoms with Gasteiger partial charge in [0.25, 0.3) is 0 Å². The quantitative estimate of drug-likeness (QED) is 0.526. The Hall–Kier alpha value is -3.48. The number of rotatable bonds is 5.